The van der Waals surface area contributed by atoms with Crippen LogP contribution in [0.15, 0.2) is 29.2 Å². The molecule has 1 aromatic carbocycles. The maximum Gasteiger partial charge on any atom is 0.251 e. The number of hydrogen-bond acceptors (Lipinski definition) is 4. The second-order valence-electron chi connectivity index (χ2n) is 8.87. The minimum atomic E-state index is -3.64. The maximum atomic E-state index is 12.6. The number of rotatable bonds is 9. The first-order valence-corrected chi connectivity index (χ1v) is 12.0. The number of carbonyl (C=O) groups is 1. The predicted molar refractivity (Wildman–Crippen MR) is 115 cm³/mol. The number of carbonyl (C=O) groups excluding carboxylic acids is 1. The number of benzene rings is 1. The Bertz CT molecular complexity index is 767. The summed E-state index contributed by atoms with van der Waals surface area (Å²) in [5.74, 6) is 0.561. The molecule has 0 unspecified atom stereocenters. The summed E-state index contributed by atoms with van der Waals surface area (Å²) in [5, 5.41) is 3.11. The molecule has 0 bridgehead atoms. The van der Waals surface area contributed by atoms with Crippen molar-refractivity contribution in [3.05, 3.63) is 29.8 Å². The Balaban J connectivity index is 1.93. The van der Waals surface area contributed by atoms with E-state index in [9.17, 15) is 13.2 Å². The SMILES string of the molecule is CCC(C)(C)C1CCC(NC(=O)c2ccc(S(=O)(=O)N[C@@H](C)COC)cc2)CC1. The van der Waals surface area contributed by atoms with Crippen LogP contribution in [0.4, 0.5) is 0 Å². The van der Waals surface area contributed by atoms with Crippen molar-refractivity contribution in [1.82, 2.24) is 10.0 Å². The van der Waals surface area contributed by atoms with Gasteiger partial charge in [-0.05, 0) is 68.2 Å². The number of hydrogen-bond donors (Lipinski definition) is 2. The third-order valence-electron chi connectivity index (χ3n) is 6.28. The van der Waals surface area contributed by atoms with Crippen LogP contribution in [0, 0.1) is 11.3 Å². The van der Waals surface area contributed by atoms with Crippen LogP contribution in [0.25, 0.3) is 0 Å². The van der Waals surface area contributed by atoms with Gasteiger partial charge in [0.05, 0.1) is 11.5 Å². The normalized spacial score (nSPS) is 21.6. The van der Waals surface area contributed by atoms with Crippen LogP contribution in [0.2, 0.25) is 0 Å². The summed E-state index contributed by atoms with van der Waals surface area (Å²) in [7, 11) is -2.11. The molecule has 0 radical (unpaired) electrons. The van der Waals surface area contributed by atoms with Crippen LogP contribution in [0.1, 0.15) is 70.2 Å². The van der Waals surface area contributed by atoms with Crippen LogP contribution in [-0.2, 0) is 14.8 Å². The number of sulfonamides is 1. The van der Waals surface area contributed by atoms with Crippen molar-refractivity contribution < 1.29 is 17.9 Å². The lowest BCUT2D eigenvalue weighted by Crippen LogP contribution is -2.40. The van der Waals surface area contributed by atoms with Crippen LogP contribution in [0.5, 0.6) is 0 Å². The monoisotopic (exact) mass is 424 g/mol. The standard InChI is InChI=1S/C22H36N2O4S/c1-6-22(3,4)18-9-11-19(12-10-18)23-21(25)17-7-13-20(14-8-17)29(26,27)24-16(2)15-28-5/h7-8,13-14,16,18-19,24H,6,9-12,15H2,1-5H3,(H,23,25)/t16-,18?,19?/m0/s1. The van der Waals surface area contributed by atoms with Gasteiger partial charge in [0, 0.05) is 24.8 Å². The Hall–Kier alpha value is -1.44. The van der Waals surface area contributed by atoms with Gasteiger partial charge in [-0.25, -0.2) is 13.1 Å². The van der Waals surface area contributed by atoms with Crippen molar-refractivity contribution in [1.29, 1.82) is 0 Å². The zero-order valence-electron chi connectivity index (χ0n) is 18.3. The second-order valence-corrected chi connectivity index (χ2v) is 10.6. The van der Waals surface area contributed by atoms with E-state index in [1.807, 2.05) is 0 Å². The number of nitrogens with one attached hydrogen (secondary N) is 2. The highest BCUT2D eigenvalue weighted by atomic mass is 32.2. The van der Waals surface area contributed by atoms with E-state index >= 15 is 0 Å². The van der Waals surface area contributed by atoms with Crippen molar-refractivity contribution >= 4 is 15.9 Å². The van der Waals surface area contributed by atoms with Crippen LogP contribution >= 0.6 is 0 Å². The largest absolute Gasteiger partial charge is 0.383 e. The number of amides is 1. The molecule has 1 aliphatic rings. The molecule has 164 valence electrons. The first-order chi connectivity index (χ1) is 13.6. The van der Waals surface area contributed by atoms with Gasteiger partial charge in [0.25, 0.3) is 5.91 Å². The molecule has 2 N–H and O–H groups in total. The summed E-state index contributed by atoms with van der Waals surface area (Å²) in [6.07, 6.45) is 5.42. The molecule has 0 aromatic heterocycles. The first-order valence-electron chi connectivity index (χ1n) is 10.5. The van der Waals surface area contributed by atoms with Crippen LogP contribution in [0.3, 0.4) is 0 Å². The van der Waals surface area contributed by atoms with E-state index in [1.54, 1.807) is 19.1 Å². The lowest BCUT2D eigenvalue weighted by molar-refractivity contribution is 0.0893. The highest BCUT2D eigenvalue weighted by Crippen LogP contribution is 2.40. The Kier molecular flexibility index (Phi) is 8.26. The molecule has 0 heterocycles. The molecule has 1 amide bonds. The maximum absolute atomic E-state index is 12.6. The second kappa shape index (κ2) is 10.0. The van der Waals surface area contributed by atoms with E-state index < -0.39 is 10.0 Å². The topological polar surface area (TPSA) is 84.5 Å². The Labute approximate surface area is 175 Å². The van der Waals surface area contributed by atoms with Gasteiger partial charge in [0.15, 0.2) is 0 Å². The quantitative estimate of drug-likeness (QED) is 0.633. The molecule has 0 aliphatic heterocycles. The molecule has 0 spiro atoms. The van der Waals surface area contributed by atoms with Crippen molar-refractivity contribution in [3.8, 4) is 0 Å². The summed E-state index contributed by atoms with van der Waals surface area (Å²) in [6, 6.07) is 5.93. The zero-order chi connectivity index (χ0) is 21.7. The van der Waals surface area contributed by atoms with Crippen molar-refractivity contribution in [2.24, 2.45) is 11.3 Å². The van der Waals surface area contributed by atoms with E-state index in [1.165, 1.54) is 25.7 Å². The van der Waals surface area contributed by atoms with Gasteiger partial charge in [-0.2, -0.15) is 0 Å². The molecule has 1 fully saturated rings. The lowest BCUT2D eigenvalue weighted by atomic mass is 9.69. The molecule has 1 aromatic rings. The Morgan fingerprint density at radius 3 is 2.28 bits per heavy atom. The minimum absolute atomic E-state index is 0.138. The van der Waals surface area contributed by atoms with Gasteiger partial charge >= 0.3 is 0 Å². The van der Waals surface area contributed by atoms with E-state index in [2.05, 4.69) is 30.8 Å². The molecule has 6 nitrogen and oxygen atoms in total. The summed E-state index contributed by atoms with van der Waals surface area (Å²) < 4.78 is 32.3. The highest BCUT2D eigenvalue weighted by molar-refractivity contribution is 7.89. The third-order valence-corrected chi connectivity index (χ3v) is 7.88. The van der Waals surface area contributed by atoms with Crippen LogP contribution in [-0.4, -0.2) is 40.1 Å². The van der Waals surface area contributed by atoms with Gasteiger partial charge < -0.3 is 10.1 Å². The summed E-state index contributed by atoms with van der Waals surface area (Å²) in [4.78, 5) is 12.7. The average Bonchev–Trinajstić information content (AvgIpc) is 2.68. The van der Waals surface area contributed by atoms with E-state index in [0.717, 1.165) is 25.7 Å². The minimum Gasteiger partial charge on any atom is -0.383 e. The molecular formula is C22H36N2O4S. The molecule has 2 rings (SSSR count). The van der Waals surface area contributed by atoms with Gasteiger partial charge in [-0.1, -0.05) is 27.2 Å². The first kappa shape index (κ1) is 23.8. The molecule has 1 saturated carbocycles. The number of methoxy groups -OCH3 is 1. The van der Waals surface area contributed by atoms with Gasteiger partial charge in [0.1, 0.15) is 0 Å². The number of ether oxygens (including phenoxy) is 1. The fourth-order valence-electron chi connectivity index (χ4n) is 3.98. The van der Waals surface area contributed by atoms with Crippen LogP contribution < -0.4 is 10.0 Å². The van der Waals surface area contributed by atoms with Gasteiger partial charge in [0.2, 0.25) is 10.0 Å². The molecular weight excluding hydrogens is 388 g/mol. The van der Waals surface area contributed by atoms with Crippen molar-refractivity contribution in [2.45, 2.75) is 76.8 Å². The van der Waals surface area contributed by atoms with Gasteiger partial charge in [-0.3, -0.25) is 4.79 Å². The molecule has 0 saturated heterocycles. The lowest BCUT2D eigenvalue weighted by Gasteiger charge is -2.39. The van der Waals surface area contributed by atoms with E-state index in [4.69, 9.17) is 4.74 Å². The van der Waals surface area contributed by atoms with Crippen molar-refractivity contribution in [2.75, 3.05) is 13.7 Å². The predicted octanol–water partition coefficient (Wildman–Crippen LogP) is 3.72. The smallest absolute Gasteiger partial charge is 0.251 e. The Morgan fingerprint density at radius 2 is 1.76 bits per heavy atom. The summed E-state index contributed by atoms with van der Waals surface area (Å²) in [5.41, 5.74) is 0.829. The van der Waals surface area contributed by atoms with E-state index in [-0.39, 0.29) is 29.5 Å². The van der Waals surface area contributed by atoms with Crippen molar-refractivity contribution in [3.63, 3.8) is 0 Å². The zero-order valence-corrected chi connectivity index (χ0v) is 19.1. The average molecular weight is 425 g/mol. The van der Waals surface area contributed by atoms with Gasteiger partial charge in [-0.15, -0.1) is 0 Å². The molecule has 29 heavy (non-hydrogen) atoms. The highest BCUT2D eigenvalue weighted by Gasteiger charge is 2.32. The summed E-state index contributed by atoms with van der Waals surface area (Å²) in [6.45, 7) is 8.93. The summed E-state index contributed by atoms with van der Waals surface area (Å²) >= 11 is 0. The Morgan fingerprint density at radius 1 is 1.17 bits per heavy atom. The molecule has 7 heteroatoms. The fourth-order valence-corrected chi connectivity index (χ4v) is 5.21. The fraction of sp³-hybridized carbons (Fsp3) is 0.682. The molecule has 1 atom stereocenters. The van der Waals surface area contributed by atoms with E-state index in [0.29, 0.717) is 16.9 Å². The molecule has 1 aliphatic carbocycles. The third kappa shape index (κ3) is 6.52.